The Morgan fingerprint density at radius 3 is 2.52 bits per heavy atom. The first kappa shape index (κ1) is 19.1. The third kappa shape index (κ3) is 4.72. The molecule has 0 atom stereocenters. The summed E-state index contributed by atoms with van der Waals surface area (Å²) < 4.78 is 27.4. The smallest absolute Gasteiger partial charge is 0.307 e. The summed E-state index contributed by atoms with van der Waals surface area (Å²) in [5.74, 6) is -1.50. The molecule has 0 saturated heterocycles. The van der Waals surface area contributed by atoms with Gasteiger partial charge < -0.3 is 10.4 Å². The topological polar surface area (TPSA) is 113 Å². The van der Waals surface area contributed by atoms with E-state index in [4.69, 9.17) is 5.11 Å². The minimum Gasteiger partial charge on any atom is -0.481 e. The molecule has 0 aliphatic heterocycles. The molecule has 0 unspecified atom stereocenters. The van der Waals surface area contributed by atoms with E-state index in [9.17, 15) is 18.0 Å². The normalized spacial score (nSPS) is 14.0. The minimum absolute atomic E-state index is 0.0310. The van der Waals surface area contributed by atoms with E-state index < -0.39 is 21.9 Å². The number of carbonyl (C=O) groups is 2. The number of amides is 1. The van der Waals surface area contributed by atoms with Crippen LogP contribution in [0.15, 0.2) is 47.4 Å². The Morgan fingerprint density at radius 1 is 1.15 bits per heavy atom. The van der Waals surface area contributed by atoms with Crippen molar-refractivity contribution in [3.8, 4) is 0 Å². The Hall–Kier alpha value is -2.71. The van der Waals surface area contributed by atoms with Gasteiger partial charge in [0.1, 0.15) is 0 Å². The van der Waals surface area contributed by atoms with Crippen molar-refractivity contribution in [1.29, 1.82) is 0 Å². The molecule has 1 saturated carbocycles. The lowest BCUT2D eigenvalue weighted by Gasteiger charge is -2.13. The van der Waals surface area contributed by atoms with Crippen LogP contribution in [0.4, 0.5) is 5.69 Å². The van der Waals surface area contributed by atoms with Crippen LogP contribution < -0.4 is 10.0 Å². The zero-order chi connectivity index (χ0) is 19.6. The number of aryl methyl sites for hydroxylation is 1. The molecule has 0 radical (unpaired) electrons. The van der Waals surface area contributed by atoms with Crippen LogP contribution in [0.3, 0.4) is 0 Å². The zero-order valence-electron chi connectivity index (χ0n) is 14.7. The highest BCUT2D eigenvalue weighted by Gasteiger charge is 2.28. The van der Waals surface area contributed by atoms with Gasteiger partial charge in [0.05, 0.1) is 11.3 Å². The Balaban J connectivity index is 1.87. The van der Waals surface area contributed by atoms with Gasteiger partial charge in [-0.25, -0.2) is 13.1 Å². The number of hydrogen-bond donors (Lipinski definition) is 3. The van der Waals surface area contributed by atoms with Gasteiger partial charge in [-0.3, -0.25) is 9.59 Å². The van der Waals surface area contributed by atoms with E-state index in [1.165, 1.54) is 12.1 Å². The Kier molecular flexibility index (Phi) is 5.29. The fourth-order valence-corrected chi connectivity index (χ4v) is 3.98. The summed E-state index contributed by atoms with van der Waals surface area (Å²) in [6.07, 6.45) is 1.41. The number of anilines is 1. The third-order valence-electron chi connectivity index (χ3n) is 4.27. The average molecular weight is 388 g/mol. The second-order valence-corrected chi connectivity index (χ2v) is 8.27. The molecule has 0 heterocycles. The van der Waals surface area contributed by atoms with Gasteiger partial charge in [-0.15, -0.1) is 0 Å². The molecule has 2 aromatic carbocycles. The molecule has 1 aliphatic rings. The second-order valence-electron chi connectivity index (χ2n) is 6.55. The van der Waals surface area contributed by atoms with Crippen LogP contribution in [-0.4, -0.2) is 31.4 Å². The summed E-state index contributed by atoms with van der Waals surface area (Å²) in [7, 11) is -3.67. The summed E-state index contributed by atoms with van der Waals surface area (Å²) >= 11 is 0. The van der Waals surface area contributed by atoms with Gasteiger partial charge in [0.25, 0.3) is 5.91 Å². The monoisotopic (exact) mass is 388 g/mol. The predicted molar refractivity (Wildman–Crippen MR) is 100 cm³/mol. The maximum atomic E-state index is 12.7. The zero-order valence-corrected chi connectivity index (χ0v) is 15.5. The number of carboxylic acid groups (broad SMARTS) is 1. The maximum Gasteiger partial charge on any atom is 0.307 e. The van der Waals surface area contributed by atoms with Crippen LogP contribution in [0.25, 0.3) is 0 Å². The van der Waals surface area contributed by atoms with Gasteiger partial charge in [0.2, 0.25) is 10.0 Å². The number of benzene rings is 2. The van der Waals surface area contributed by atoms with Crippen LogP contribution in [0.1, 0.15) is 34.3 Å². The molecule has 8 heteroatoms. The summed E-state index contributed by atoms with van der Waals surface area (Å²) in [5, 5.41) is 11.7. The van der Waals surface area contributed by atoms with Gasteiger partial charge in [0.15, 0.2) is 0 Å². The predicted octanol–water partition coefficient (Wildman–Crippen LogP) is 2.32. The molecule has 7 nitrogen and oxygen atoms in total. The van der Waals surface area contributed by atoms with Crippen molar-refractivity contribution in [2.24, 2.45) is 0 Å². The maximum absolute atomic E-state index is 12.7. The van der Waals surface area contributed by atoms with Crippen molar-refractivity contribution < 1.29 is 23.1 Å². The van der Waals surface area contributed by atoms with E-state index in [2.05, 4.69) is 10.0 Å². The number of carbonyl (C=O) groups excluding carboxylic acids is 1. The standard InChI is InChI=1S/C19H20N2O5S/c1-12-6-9-15(27(25,26)21-14-7-8-14)11-16(12)19(24)20-17-5-3-2-4-13(17)10-18(22)23/h2-6,9,11,14,21H,7-8,10H2,1H3,(H,20,24)(H,22,23). The molecule has 27 heavy (non-hydrogen) atoms. The number of aliphatic carboxylic acids is 1. The molecular weight excluding hydrogens is 368 g/mol. The average Bonchev–Trinajstić information content (AvgIpc) is 3.39. The van der Waals surface area contributed by atoms with Gasteiger partial charge >= 0.3 is 5.97 Å². The molecule has 0 aromatic heterocycles. The number of para-hydroxylation sites is 1. The van der Waals surface area contributed by atoms with Crippen LogP contribution in [-0.2, 0) is 21.2 Å². The molecule has 0 bridgehead atoms. The molecule has 1 aliphatic carbocycles. The highest BCUT2D eigenvalue weighted by molar-refractivity contribution is 7.89. The van der Waals surface area contributed by atoms with Gasteiger partial charge in [-0.2, -0.15) is 0 Å². The van der Waals surface area contributed by atoms with Crippen LogP contribution in [0.5, 0.6) is 0 Å². The fraction of sp³-hybridized carbons (Fsp3) is 0.263. The molecule has 1 fully saturated rings. The molecule has 3 N–H and O–H groups in total. The lowest BCUT2D eigenvalue weighted by molar-refractivity contribution is -0.136. The summed E-state index contributed by atoms with van der Waals surface area (Å²) in [6, 6.07) is 11.0. The van der Waals surface area contributed by atoms with Crippen molar-refractivity contribution in [1.82, 2.24) is 4.72 Å². The number of hydrogen-bond acceptors (Lipinski definition) is 4. The van der Waals surface area contributed by atoms with E-state index in [1.807, 2.05) is 0 Å². The minimum atomic E-state index is -3.67. The Morgan fingerprint density at radius 2 is 1.85 bits per heavy atom. The van der Waals surface area contributed by atoms with E-state index in [1.54, 1.807) is 37.3 Å². The molecule has 0 spiro atoms. The van der Waals surface area contributed by atoms with Crippen molar-refractivity contribution in [2.45, 2.75) is 37.1 Å². The van der Waals surface area contributed by atoms with Crippen molar-refractivity contribution in [3.63, 3.8) is 0 Å². The number of sulfonamides is 1. The van der Waals surface area contributed by atoms with Crippen molar-refractivity contribution >= 4 is 27.6 Å². The summed E-state index contributed by atoms with van der Waals surface area (Å²) in [5.41, 5.74) is 1.69. The van der Waals surface area contributed by atoms with Gasteiger partial charge in [0, 0.05) is 17.3 Å². The molecule has 2 aromatic rings. The Bertz CT molecular complexity index is 997. The number of nitrogens with one attached hydrogen (secondary N) is 2. The lowest BCUT2D eigenvalue weighted by Crippen LogP contribution is -2.26. The van der Waals surface area contributed by atoms with E-state index in [0.717, 1.165) is 12.8 Å². The largest absolute Gasteiger partial charge is 0.481 e. The summed E-state index contributed by atoms with van der Waals surface area (Å²) in [6.45, 7) is 1.71. The first-order valence-corrected chi connectivity index (χ1v) is 9.98. The number of rotatable bonds is 7. The highest BCUT2D eigenvalue weighted by atomic mass is 32.2. The number of carboxylic acids is 1. The SMILES string of the molecule is Cc1ccc(S(=O)(=O)NC2CC2)cc1C(=O)Nc1ccccc1CC(=O)O. The van der Waals surface area contributed by atoms with E-state index in [0.29, 0.717) is 16.8 Å². The van der Waals surface area contributed by atoms with Crippen LogP contribution in [0.2, 0.25) is 0 Å². The fourth-order valence-electron chi connectivity index (χ4n) is 2.65. The van der Waals surface area contributed by atoms with Crippen LogP contribution in [0, 0.1) is 6.92 Å². The lowest BCUT2D eigenvalue weighted by atomic mass is 10.1. The van der Waals surface area contributed by atoms with Crippen molar-refractivity contribution in [2.75, 3.05) is 5.32 Å². The molecular formula is C19H20N2O5S. The second kappa shape index (κ2) is 7.50. The molecule has 142 valence electrons. The van der Waals surface area contributed by atoms with Crippen molar-refractivity contribution in [3.05, 3.63) is 59.2 Å². The van der Waals surface area contributed by atoms with Crippen LogP contribution >= 0.6 is 0 Å². The van der Waals surface area contributed by atoms with E-state index in [-0.39, 0.29) is 22.9 Å². The summed E-state index contributed by atoms with van der Waals surface area (Å²) in [4.78, 5) is 23.7. The first-order valence-electron chi connectivity index (χ1n) is 8.50. The Labute approximate surface area is 157 Å². The first-order chi connectivity index (χ1) is 12.8. The van der Waals surface area contributed by atoms with Gasteiger partial charge in [-0.05, 0) is 49.1 Å². The molecule has 1 amide bonds. The quantitative estimate of drug-likeness (QED) is 0.674. The third-order valence-corrected chi connectivity index (χ3v) is 5.79. The van der Waals surface area contributed by atoms with E-state index >= 15 is 0 Å². The van der Waals surface area contributed by atoms with Gasteiger partial charge in [-0.1, -0.05) is 24.3 Å². The molecule has 3 rings (SSSR count). The highest BCUT2D eigenvalue weighted by Crippen LogP contribution is 2.24.